The number of hydrogen-bond acceptors (Lipinski definition) is 3. The molecule has 2 rings (SSSR count). The van der Waals surface area contributed by atoms with Gasteiger partial charge in [0.15, 0.2) is 0 Å². The first-order valence-corrected chi connectivity index (χ1v) is 6.46. The maximum Gasteiger partial charge on any atom is 0.303 e. The highest BCUT2D eigenvalue weighted by Gasteiger charge is 2.14. The number of aliphatic carboxylic acids is 1. The quantitative estimate of drug-likeness (QED) is 0.831. The van der Waals surface area contributed by atoms with E-state index in [-0.39, 0.29) is 18.4 Å². The normalized spacial score (nSPS) is 12.2. The lowest BCUT2D eigenvalue weighted by Gasteiger charge is -2.15. The molecule has 0 aliphatic rings. The van der Waals surface area contributed by atoms with Gasteiger partial charge in [0.05, 0.1) is 5.69 Å². The van der Waals surface area contributed by atoms with Crippen molar-refractivity contribution in [3.63, 3.8) is 0 Å². The van der Waals surface area contributed by atoms with Gasteiger partial charge in [0.1, 0.15) is 5.65 Å². The Kier molecular flexibility index (Phi) is 4.34. The number of rotatable bonds is 6. The molecule has 1 unspecified atom stereocenters. The Bertz CT molecular complexity index is 588. The summed E-state index contributed by atoms with van der Waals surface area (Å²) in [5.41, 5.74) is 1.67. The van der Waals surface area contributed by atoms with Gasteiger partial charge >= 0.3 is 5.97 Å². The van der Waals surface area contributed by atoms with Crippen molar-refractivity contribution in [2.24, 2.45) is 0 Å². The van der Waals surface area contributed by atoms with Crippen LogP contribution in [0.4, 0.5) is 0 Å². The maximum atomic E-state index is 11.2. The second-order valence-electron chi connectivity index (χ2n) is 4.73. The molecule has 2 heterocycles. The number of nitrogens with one attached hydrogen (secondary N) is 1. The Balaban J connectivity index is 2.08. The van der Waals surface area contributed by atoms with E-state index in [1.807, 2.05) is 35.0 Å². The standard InChI is InChI=1S/C14H17N3O3/c1-10(18)15-11(5-6-14(19)20)8-12-9-17-7-3-2-4-13(17)16-12/h2-4,7,9,11H,5-6,8H2,1H3,(H,15,18)(H,19,20). The van der Waals surface area contributed by atoms with Crippen LogP contribution in [-0.4, -0.2) is 32.4 Å². The van der Waals surface area contributed by atoms with E-state index in [1.54, 1.807) is 0 Å². The van der Waals surface area contributed by atoms with Crippen molar-refractivity contribution in [1.29, 1.82) is 0 Å². The number of fused-ring (bicyclic) bond motifs is 1. The van der Waals surface area contributed by atoms with Crippen molar-refractivity contribution in [2.45, 2.75) is 32.2 Å². The smallest absolute Gasteiger partial charge is 0.303 e. The molecule has 0 aliphatic carbocycles. The first kappa shape index (κ1) is 14.0. The Morgan fingerprint density at radius 3 is 2.90 bits per heavy atom. The fraction of sp³-hybridized carbons (Fsp3) is 0.357. The number of carboxylic acids is 1. The molecule has 2 N–H and O–H groups in total. The van der Waals surface area contributed by atoms with Gasteiger partial charge in [0.2, 0.25) is 5.91 Å². The zero-order valence-electron chi connectivity index (χ0n) is 11.2. The molecule has 0 aliphatic heterocycles. The molecule has 1 amide bonds. The van der Waals surface area contributed by atoms with Gasteiger partial charge in [-0.2, -0.15) is 0 Å². The highest BCUT2D eigenvalue weighted by molar-refractivity contribution is 5.73. The Morgan fingerprint density at radius 2 is 2.25 bits per heavy atom. The van der Waals surface area contributed by atoms with Gasteiger partial charge in [-0.25, -0.2) is 4.98 Å². The summed E-state index contributed by atoms with van der Waals surface area (Å²) in [4.78, 5) is 26.3. The van der Waals surface area contributed by atoms with Crippen LogP contribution in [0.3, 0.4) is 0 Å². The van der Waals surface area contributed by atoms with Crippen molar-refractivity contribution in [2.75, 3.05) is 0 Å². The molecular weight excluding hydrogens is 258 g/mol. The van der Waals surface area contributed by atoms with Crippen molar-refractivity contribution in [3.8, 4) is 0 Å². The minimum atomic E-state index is -0.865. The fourth-order valence-electron chi connectivity index (χ4n) is 2.15. The molecule has 0 fully saturated rings. The van der Waals surface area contributed by atoms with Crippen molar-refractivity contribution >= 4 is 17.5 Å². The summed E-state index contributed by atoms with van der Waals surface area (Å²) in [5.74, 6) is -1.03. The Hall–Kier alpha value is -2.37. The lowest BCUT2D eigenvalue weighted by Crippen LogP contribution is -2.35. The fourth-order valence-corrected chi connectivity index (χ4v) is 2.15. The first-order valence-electron chi connectivity index (χ1n) is 6.46. The zero-order valence-corrected chi connectivity index (χ0v) is 11.2. The Morgan fingerprint density at radius 1 is 1.45 bits per heavy atom. The average molecular weight is 275 g/mol. The first-order chi connectivity index (χ1) is 9.54. The second kappa shape index (κ2) is 6.18. The molecule has 6 nitrogen and oxygen atoms in total. The largest absolute Gasteiger partial charge is 0.481 e. The molecule has 106 valence electrons. The Labute approximate surface area is 116 Å². The lowest BCUT2D eigenvalue weighted by atomic mass is 10.1. The summed E-state index contributed by atoms with van der Waals surface area (Å²) in [6.07, 6.45) is 4.73. The predicted molar refractivity (Wildman–Crippen MR) is 73.4 cm³/mol. The van der Waals surface area contributed by atoms with Crippen molar-refractivity contribution in [1.82, 2.24) is 14.7 Å². The van der Waals surface area contributed by atoms with Crippen LogP contribution in [0, 0.1) is 0 Å². The van der Waals surface area contributed by atoms with E-state index >= 15 is 0 Å². The van der Waals surface area contributed by atoms with Crippen molar-refractivity contribution < 1.29 is 14.7 Å². The van der Waals surface area contributed by atoms with Crippen LogP contribution in [0.5, 0.6) is 0 Å². The topological polar surface area (TPSA) is 83.7 Å². The number of carbonyl (C=O) groups excluding carboxylic acids is 1. The molecule has 0 radical (unpaired) electrons. The van der Waals surface area contributed by atoms with Crippen LogP contribution >= 0.6 is 0 Å². The molecule has 2 aromatic heterocycles. The molecule has 0 saturated heterocycles. The van der Waals surface area contributed by atoms with Gasteiger partial charge in [-0.15, -0.1) is 0 Å². The van der Waals surface area contributed by atoms with E-state index < -0.39 is 5.97 Å². The number of carboxylic acid groups (broad SMARTS) is 1. The van der Waals surface area contributed by atoms with Crippen LogP contribution in [0.25, 0.3) is 5.65 Å². The molecule has 20 heavy (non-hydrogen) atoms. The highest BCUT2D eigenvalue weighted by Crippen LogP contribution is 2.09. The summed E-state index contributed by atoms with van der Waals surface area (Å²) >= 11 is 0. The molecule has 2 aromatic rings. The number of pyridine rings is 1. The van der Waals surface area contributed by atoms with E-state index in [0.717, 1.165) is 11.3 Å². The molecule has 0 bridgehead atoms. The number of aromatic nitrogens is 2. The number of hydrogen-bond donors (Lipinski definition) is 2. The van der Waals surface area contributed by atoms with E-state index in [9.17, 15) is 9.59 Å². The van der Waals surface area contributed by atoms with E-state index in [0.29, 0.717) is 12.8 Å². The third-order valence-electron chi connectivity index (χ3n) is 2.98. The highest BCUT2D eigenvalue weighted by atomic mass is 16.4. The van der Waals surface area contributed by atoms with Crippen LogP contribution in [0.15, 0.2) is 30.6 Å². The van der Waals surface area contributed by atoms with Crippen LogP contribution in [0.1, 0.15) is 25.5 Å². The molecule has 0 aromatic carbocycles. The number of nitrogens with zero attached hydrogens (tertiary/aromatic N) is 2. The SMILES string of the molecule is CC(=O)NC(CCC(=O)O)Cc1cn2ccccc2n1. The third-order valence-corrected chi connectivity index (χ3v) is 2.98. The average Bonchev–Trinajstić information content (AvgIpc) is 2.77. The summed E-state index contributed by atoms with van der Waals surface area (Å²) in [5, 5.41) is 11.5. The number of carbonyl (C=O) groups is 2. The molecule has 1 atom stereocenters. The third kappa shape index (κ3) is 3.81. The van der Waals surface area contributed by atoms with E-state index in [1.165, 1.54) is 6.92 Å². The number of amides is 1. The van der Waals surface area contributed by atoms with E-state index in [4.69, 9.17) is 5.11 Å². The summed E-state index contributed by atoms with van der Waals surface area (Å²) in [7, 11) is 0. The molecule has 0 spiro atoms. The summed E-state index contributed by atoms with van der Waals surface area (Å²) in [6.45, 7) is 1.43. The monoisotopic (exact) mass is 275 g/mol. The molecule has 0 saturated carbocycles. The minimum absolute atomic E-state index is 0.0261. The van der Waals surface area contributed by atoms with Gasteiger partial charge in [-0.3, -0.25) is 9.59 Å². The minimum Gasteiger partial charge on any atom is -0.481 e. The summed E-state index contributed by atoms with van der Waals surface area (Å²) in [6, 6.07) is 5.50. The van der Waals surface area contributed by atoms with Crippen molar-refractivity contribution in [3.05, 3.63) is 36.3 Å². The predicted octanol–water partition coefficient (Wildman–Crippen LogP) is 1.25. The van der Waals surface area contributed by atoms with E-state index in [2.05, 4.69) is 10.3 Å². The molecule has 6 heteroatoms. The summed E-state index contributed by atoms with van der Waals surface area (Å²) < 4.78 is 1.90. The van der Waals surface area contributed by atoms with Crippen LogP contribution in [0.2, 0.25) is 0 Å². The zero-order chi connectivity index (χ0) is 14.5. The van der Waals surface area contributed by atoms with Crippen LogP contribution in [-0.2, 0) is 16.0 Å². The van der Waals surface area contributed by atoms with Gasteiger partial charge in [-0.05, 0) is 18.6 Å². The second-order valence-corrected chi connectivity index (χ2v) is 4.73. The van der Waals surface area contributed by atoms with Gasteiger partial charge in [0, 0.05) is 38.2 Å². The van der Waals surface area contributed by atoms with Gasteiger partial charge < -0.3 is 14.8 Å². The number of imidazole rings is 1. The lowest BCUT2D eigenvalue weighted by molar-refractivity contribution is -0.137. The van der Waals surface area contributed by atoms with Gasteiger partial charge in [-0.1, -0.05) is 6.07 Å². The maximum absolute atomic E-state index is 11.2. The van der Waals surface area contributed by atoms with Gasteiger partial charge in [0.25, 0.3) is 0 Å². The van der Waals surface area contributed by atoms with Crippen LogP contribution < -0.4 is 5.32 Å². The molecular formula is C14H17N3O3.